The highest BCUT2D eigenvalue weighted by molar-refractivity contribution is 6.34. The lowest BCUT2D eigenvalue weighted by Gasteiger charge is -2.15. The zero-order valence-corrected chi connectivity index (χ0v) is 13.0. The molecule has 0 spiro atoms. The Kier molecular flexibility index (Phi) is 3.80. The predicted molar refractivity (Wildman–Crippen MR) is 83.5 cm³/mol. The summed E-state index contributed by atoms with van der Waals surface area (Å²) >= 11 is 6.18. The molecule has 0 fully saturated rings. The SMILES string of the molecule is C#CCOC(=O)c1ncn2c1CN(C)C(=O)c1c(Cl)cccc1-2. The minimum Gasteiger partial charge on any atom is -0.448 e. The quantitative estimate of drug-likeness (QED) is 0.623. The number of rotatable bonds is 2. The van der Waals surface area contributed by atoms with Gasteiger partial charge in [0.25, 0.3) is 5.91 Å². The minimum atomic E-state index is -0.622. The summed E-state index contributed by atoms with van der Waals surface area (Å²) in [5.41, 5.74) is 1.62. The van der Waals surface area contributed by atoms with Crippen molar-refractivity contribution in [3.63, 3.8) is 0 Å². The van der Waals surface area contributed by atoms with Gasteiger partial charge < -0.3 is 9.64 Å². The maximum Gasteiger partial charge on any atom is 0.359 e. The van der Waals surface area contributed by atoms with E-state index in [9.17, 15) is 9.59 Å². The highest BCUT2D eigenvalue weighted by Gasteiger charge is 2.30. The van der Waals surface area contributed by atoms with Crippen molar-refractivity contribution in [2.45, 2.75) is 6.54 Å². The van der Waals surface area contributed by atoms with E-state index in [4.69, 9.17) is 22.8 Å². The van der Waals surface area contributed by atoms with E-state index in [2.05, 4.69) is 10.9 Å². The molecule has 0 saturated heterocycles. The van der Waals surface area contributed by atoms with Crippen LogP contribution in [0.4, 0.5) is 0 Å². The van der Waals surface area contributed by atoms with Gasteiger partial charge in [0, 0.05) is 7.05 Å². The molecule has 1 aliphatic heterocycles. The highest BCUT2D eigenvalue weighted by Crippen LogP contribution is 2.30. The first kappa shape index (κ1) is 15.1. The van der Waals surface area contributed by atoms with E-state index < -0.39 is 5.97 Å². The number of imidazole rings is 1. The van der Waals surface area contributed by atoms with E-state index in [-0.39, 0.29) is 24.8 Å². The van der Waals surface area contributed by atoms with Crippen LogP contribution in [0.15, 0.2) is 24.5 Å². The van der Waals surface area contributed by atoms with Gasteiger partial charge in [-0.2, -0.15) is 0 Å². The minimum absolute atomic E-state index is 0.132. The smallest absolute Gasteiger partial charge is 0.359 e. The molecule has 2 heterocycles. The number of ether oxygens (including phenoxy) is 1. The fourth-order valence-electron chi connectivity index (χ4n) is 2.49. The third kappa shape index (κ3) is 2.45. The molecule has 0 saturated carbocycles. The lowest BCUT2D eigenvalue weighted by molar-refractivity contribution is 0.0546. The van der Waals surface area contributed by atoms with Crippen molar-refractivity contribution in [1.82, 2.24) is 14.5 Å². The van der Waals surface area contributed by atoms with Crippen LogP contribution in [0.25, 0.3) is 5.69 Å². The van der Waals surface area contributed by atoms with E-state index >= 15 is 0 Å². The van der Waals surface area contributed by atoms with Crippen LogP contribution >= 0.6 is 11.6 Å². The number of esters is 1. The number of carbonyl (C=O) groups excluding carboxylic acids is 2. The highest BCUT2D eigenvalue weighted by atomic mass is 35.5. The fourth-order valence-corrected chi connectivity index (χ4v) is 2.74. The number of terminal acetylenes is 1. The first-order valence-electron chi connectivity index (χ1n) is 6.75. The van der Waals surface area contributed by atoms with Crippen LogP contribution < -0.4 is 0 Å². The summed E-state index contributed by atoms with van der Waals surface area (Å²) in [6.07, 6.45) is 6.57. The second-order valence-electron chi connectivity index (χ2n) is 4.99. The number of benzene rings is 1. The second kappa shape index (κ2) is 5.78. The van der Waals surface area contributed by atoms with Crippen LogP contribution in [0, 0.1) is 12.3 Å². The van der Waals surface area contributed by atoms with Crippen LogP contribution in [0.3, 0.4) is 0 Å². The molecule has 2 aromatic rings. The Hall–Kier alpha value is -2.78. The van der Waals surface area contributed by atoms with Crippen molar-refractivity contribution in [3.8, 4) is 18.0 Å². The summed E-state index contributed by atoms with van der Waals surface area (Å²) in [4.78, 5) is 30.2. The van der Waals surface area contributed by atoms with Crippen molar-refractivity contribution < 1.29 is 14.3 Å². The molecule has 0 N–H and O–H groups in total. The fraction of sp³-hybridized carbons (Fsp3) is 0.188. The van der Waals surface area contributed by atoms with Gasteiger partial charge in [-0.15, -0.1) is 6.42 Å². The zero-order valence-electron chi connectivity index (χ0n) is 12.2. The van der Waals surface area contributed by atoms with Crippen molar-refractivity contribution in [1.29, 1.82) is 0 Å². The van der Waals surface area contributed by atoms with E-state index in [1.54, 1.807) is 29.8 Å². The summed E-state index contributed by atoms with van der Waals surface area (Å²) < 4.78 is 6.61. The van der Waals surface area contributed by atoms with Gasteiger partial charge in [-0.3, -0.25) is 9.36 Å². The topological polar surface area (TPSA) is 64.4 Å². The van der Waals surface area contributed by atoms with Gasteiger partial charge in [-0.25, -0.2) is 9.78 Å². The first-order valence-corrected chi connectivity index (χ1v) is 7.13. The third-order valence-electron chi connectivity index (χ3n) is 3.55. The molecule has 7 heteroatoms. The third-order valence-corrected chi connectivity index (χ3v) is 3.86. The van der Waals surface area contributed by atoms with Crippen LogP contribution in [0.2, 0.25) is 5.02 Å². The number of carbonyl (C=O) groups is 2. The Morgan fingerprint density at radius 3 is 3.04 bits per heavy atom. The van der Waals surface area contributed by atoms with Gasteiger partial charge in [-0.05, 0) is 12.1 Å². The van der Waals surface area contributed by atoms with Crippen molar-refractivity contribution in [2.24, 2.45) is 0 Å². The van der Waals surface area contributed by atoms with Crippen LogP contribution in [-0.4, -0.2) is 40.0 Å². The van der Waals surface area contributed by atoms with Crippen molar-refractivity contribution in [2.75, 3.05) is 13.7 Å². The molecular formula is C16H12ClN3O3. The Labute approximate surface area is 137 Å². The molecule has 0 radical (unpaired) electrons. The maximum absolute atomic E-state index is 12.5. The van der Waals surface area contributed by atoms with Crippen LogP contribution in [0.1, 0.15) is 26.5 Å². The molecule has 0 aliphatic carbocycles. The lowest BCUT2D eigenvalue weighted by atomic mass is 10.1. The number of fused-ring (bicyclic) bond motifs is 3. The van der Waals surface area contributed by atoms with Gasteiger partial charge in [-0.1, -0.05) is 23.6 Å². The normalized spacial score (nSPS) is 12.9. The molecule has 1 aliphatic rings. The number of hydrogen-bond donors (Lipinski definition) is 0. The molecule has 6 nitrogen and oxygen atoms in total. The van der Waals surface area contributed by atoms with Gasteiger partial charge in [0.1, 0.15) is 6.33 Å². The molecule has 3 rings (SSSR count). The Balaban J connectivity index is 2.16. The largest absolute Gasteiger partial charge is 0.448 e. The Morgan fingerprint density at radius 1 is 1.52 bits per heavy atom. The molecule has 1 amide bonds. The molecule has 0 atom stereocenters. The predicted octanol–water partition coefficient (Wildman–Crippen LogP) is 1.90. The number of aromatic nitrogens is 2. The number of amides is 1. The number of nitrogens with zero attached hydrogens (tertiary/aromatic N) is 3. The summed E-state index contributed by atoms with van der Waals surface area (Å²) in [5.74, 6) is 1.39. The molecule has 0 bridgehead atoms. The molecule has 116 valence electrons. The zero-order chi connectivity index (χ0) is 16.6. The van der Waals surface area contributed by atoms with E-state index in [1.807, 2.05) is 0 Å². The van der Waals surface area contributed by atoms with Crippen LogP contribution in [-0.2, 0) is 11.3 Å². The van der Waals surface area contributed by atoms with Gasteiger partial charge in [0.15, 0.2) is 12.3 Å². The average molecular weight is 330 g/mol. The monoisotopic (exact) mass is 329 g/mol. The van der Waals surface area contributed by atoms with E-state index in [0.29, 0.717) is 22.0 Å². The maximum atomic E-state index is 12.5. The van der Waals surface area contributed by atoms with Crippen molar-refractivity contribution in [3.05, 3.63) is 46.5 Å². The molecule has 23 heavy (non-hydrogen) atoms. The van der Waals surface area contributed by atoms with Gasteiger partial charge in [0.2, 0.25) is 0 Å². The average Bonchev–Trinajstić information content (AvgIpc) is 2.90. The standard InChI is InChI=1S/C16H12ClN3O3/c1-3-7-23-16(22)14-12-8-19(2)15(21)13-10(17)5-4-6-11(13)20(12)9-18-14/h1,4-6,9H,7-8H2,2H3. The van der Waals surface area contributed by atoms with Crippen LogP contribution in [0.5, 0.6) is 0 Å². The number of halogens is 1. The molecule has 0 unspecified atom stereocenters. The lowest BCUT2D eigenvalue weighted by Crippen LogP contribution is -2.26. The Bertz CT molecular complexity index is 851. The van der Waals surface area contributed by atoms with Crippen molar-refractivity contribution >= 4 is 23.5 Å². The summed E-state index contributed by atoms with van der Waals surface area (Å²) in [7, 11) is 1.63. The number of hydrogen-bond acceptors (Lipinski definition) is 4. The summed E-state index contributed by atoms with van der Waals surface area (Å²) in [6.45, 7) is 0.0622. The first-order chi connectivity index (χ1) is 11.0. The van der Waals surface area contributed by atoms with Gasteiger partial charge in [0.05, 0.1) is 28.5 Å². The van der Waals surface area contributed by atoms with E-state index in [1.165, 1.54) is 11.2 Å². The van der Waals surface area contributed by atoms with E-state index in [0.717, 1.165) is 0 Å². The second-order valence-corrected chi connectivity index (χ2v) is 5.39. The molecule has 1 aromatic carbocycles. The molecule has 1 aromatic heterocycles. The Morgan fingerprint density at radius 2 is 2.30 bits per heavy atom. The van der Waals surface area contributed by atoms with Gasteiger partial charge >= 0.3 is 5.97 Å². The molecular weight excluding hydrogens is 318 g/mol. The summed E-state index contributed by atoms with van der Waals surface area (Å²) in [6, 6.07) is 5.13. The summed E-state index contributed by atoms with van der Waals surface area (Å²) in [5, 5.41) is 0.345.